The first kappa shape index (κ1) is 11.5. The van der Waals surface area contributed by atoms with E-state index in [1.54, 1.807) is 6.20 Å². The van der Waals surface area contributed by atoms with Gasteiger partial charge in [-0.15, -0.1) is 0 Å². The predicted octanol–water partition coefficient (Wildman–Crippen LogP) is 3.13. The molecule has 0 saturated carbocycles. The van der Waals surface area contributed by atoms with Crippen molar-refractivity contribution < 1.29 is 0 Å². The van der Waals surface area contributed by atoms with Crippen molar-refractivity contribution in [3.8, 4) is 0 Å². The minimum Gasteiger partial charge on any atom is -0.397 e. The van der Waals surface area contributed by atoms with Crippen LogP contribution in [-0.4, -0.2) is 11.5 Å². The van der Waals surface area contributed by atoms with Crippen LogP contribution in [0.25, 0.3) is 0 Å². The third kappa shape index (κ3) is 2.56. The Hall–Kier alpha value is -2.03. The SMILES string of the molecule is CCN(c1cccc(C)c1)c1cncc(N)c1. The topological polar surface area (TPSA) is 42.2 Å². The summed E-state index contributed by atoms with van der Waals surface area (Å²) < 4.78 is 0. The monoisotopic (exact) mass is 227 g/mol. The van der Waals surface area contributed by atoms with Crippen LogP contribution in [0, 0.1) is 6.92 Å². The molecule has 0 aliphatic carbocycles. The molecule has 0 fully saturated rings. The second-order valence-corrected chi connectivity index (χ2v) is 4.06. The molecule has 1 aromatic carbocycles. The summed E-state index contributed by atoms with van der Waals surface area (Å²) in [6.45, 7) is 5.09. The number of aryl methyl sites for hydroxylation is 1. The average molecular weight is 227 g/mol. The van der Waals surface area contributed by atoms with Gasteiger partial charge in [0.25, 0.3) is 0 Å². The highest BCUT2D eigenvalue weighted by molar-refractivity contribution is 5.65. The molecule has 17 heavy (non-hydrogen) atoms. The summed E-state index contributed by atoms with van der Waals surface area (Å²) in [5.74, 6) is 0. The Morgan fingerprint density at radius 2 is 2.00 bits per heavy atom. The lowest BCUT2D eigenvalue weighted by Crippen LogP contribution is -2.16. The number of pyridine rings is 1. The van der Waals surface area contributed by atoms with E-state index in [0.29, 0.717) is 5.69 Å². The molecule has 0 atom stereocenters. The Labute approximate surface area is 102 Å². The molecule has 0 aliphatic rings. The lowest BCUT2D eigenvalue weighted by Gasteiger charge is -2.23. The van der Waals surface area contributed by atoms with Crippen LogP contribution in [0.1, 0.15) is 12.5 Å². The highest BCUT2D eigenvalue weighted by Crippen LogP contribution is 2.26. The Morgan fingerprint density at radius 3 is 2.65 bits per heavy atom. The number of rotatable bonds is 3. The maximum absolute atomic E-state index is 5.77. The zero-order valence-corrected chi connectivity index (χ0v) is 10.2. The van der Waals surface area contributed by atoms with Crippen molar-refractivity contribution in [3.63, 3.8) is 0 Å². The molecule has 0 amide bonds. The lowest BCUT2D eigenvalue weighted by molar-refractivity contribution is 1.01. The number of hydrogen-bond donors (Lipinski definition) is 1. The van der Waals surface area contributed by atoms with E-state index in [-0.39, 0.29) is 0 Å². The summed E-state index contributed by atoms with van der Waals surface area (Å²) in [6.07, 6.45) is 3.50. The first-order chi connectivity index (χ1) is 8.20. The van der Waals surface area contributed by atoms with E-state index in [2.05, 4.69) is 48.0 Å². The first-order valence-electron chi connectivity index (χ1n) is 5.75. The molecule has 0 spiro atoms. The van der Waals surface area contributed by atoms with Crippen LogP contribution >= 0.6 is 0 Å². The molecular formula is C14H17N3. The Balaban J connectivity index is 2.40. The second-order valence-electron chi connectivity index (χ2n) is 4.06. The normalized spacial score (nSPS) is 10.2. The fourth-order valence-electron chi connectivity index (χ4n) is 1.90. The van der Waals surface area contributed by atoms with E-state index in [9.17, 15) is 0 Å². The van der Waals surface area contributed by atoms with Crippen molar-refractivity contribution in [1.82, 2.24) is 4.98 Å². The number of nitrogens with zero attached hydrogens (tertiary/aromatic N) is 2. The van der Waals surface area contributed by atoms with Crippen LogP contribution < -0.4 is 10.6 Å². The van der Waals surface area contributed by atoms with E-state index < -0.39 is 0 Å². The Kier molecular flexibility index (Phi) is 3.28. The van der Waals surface area contributed by atoms with Crippen molar-refractivity contribution in [2.75, 3.05) is 17.2 Å². The number of hydrogen-bond acceptors (Lipinski definition) is 3. The molecule has 1 heterocycles. The summed E-state index contributed by atoms with van der Waals surface area (Å²) in [5, 5.41) is 0. The van der Waals surface area contributed by atoms with Crippen molar-refractivity contribution in [1.29, 1.82) is 0 Å². The second kappa shape index (κ2) is 4.87. The maximum atomic E-state index is 5.77. The summed E-state index contributed by atoms with van der Waals surface area (Å²) in [6, 6.07) is 10.4. The quantitative estimate of drug-likeness (QED) is 0.876. The minimum absolute atomic E-state index is 0.689. The van der Waals surface area contributed by atoms with Gasteiger partial charge in [0.05, 0.1) is 17.6 Å². The fourth-order valence-corrected chi connectivity index (χ4v) is 1.90. The molecule has 0 unspecified atom stereocenters. The molecule has 3 heteroatoms. The Bertz CT molecular complexity index is 463. The fraction of sp³-hybridized carbons (Fsp3) is 0.214. The summed E-state index contributed by atoms with van der Waals surface area (Å²) in [4.78, 5) is 6.33. The molecule has 2 rings (SSSR count). The van der Waals surface area contributed by atoms with Gasteiger partial charge in [0.15, 0.2) is 0 Å². The molecule has 0 aliphatic heterocycles. The largest absolute Gasteiger partial charge is 0.397 e. The van der Waals surface area contributed by atoms with Crippen LogP contribution in [0.4, 0.5) is 17.1 Å². The molecule has 88 valence electrons. The lowest BCUT2D eigenvalue weighted by atomic mass is 10.2. The minimum atomic E-state index is 0.689. The third-order valence-corrected chi connectivity index (χ3v) is 2.69. The average Bonchev–Trinajstić information content (AvgIpc) is 2.30. The third-order valence-electron chi connectivity index (χ3n) is 2.69. The van der Waals surface area contributed by atoms with Crippen LogP contribution in [0.15, 0.2) is 42.7 Å². The first-order valence-corrected chi connectivity index (χ1v) is 5.75. The van der Waals surface area contributed by atoms with Crippen molar-refractivity contribution in [3.05, 3.63) is 48.3 Å². The maximum Gasteiger partial charge on any atom is 0.0617 e. The van der Waals surface area contributed by atoms with Gasteiger partial charge in [-0.05, 0) is 37.6 Å². The van der Waals surface area contributed by atoms with E-state index in [4.69, 9.17) is 5.73 Å². The molecule has 1 aromatic heterocycles. The van der Waals surface area contributed by atoms with Gasteiger partial charge in [-0.1, -0.05) is 12.1 Å². The smallest absolute Gasteiger partial charge is 0.0617 e. The molecular weight excluding hydrogens is 210 g/mol. The van der Waals surface area contributed by atoms with Gasteiger partial charge < -0.3 is 10.6 Å². The summed E-state index contributed by atoms with van der Waals surface area (Å²) in [7, 11) is 0. The van der Waals surface area contributed by atoms with Gasteiger partial charge in [-0.25, -0.2) is 0 Å². The van der Waals surface area contributed by atoms with Crippen LogP contribution in [0.3, 0.4) is 0 Å². The van der Waals surface area contributed by atoms with E-state index in [1.807, 2.05) is 12.3 Å². The van der Waals surface area contributed by atoms with Crippen LogP contribution in [0.5, 0.6) is 0 Å². The number of anilines is 3. The standard InChI is InChI=1S/C14H17N3/c1-3-17(13-6-4-5-11(2)7-13)14-8-12(15)9-16-10-14/h4-10H,3,15H2,1-2H3. The zero-order chi connectivity index (χ0) is 12.3. The molecule has 2 N–H and O–H groups in total. The Morgan fingerprint density at radius 1 is 1.18 bits per heavy atom. The number of benzene rings is 1. The van der Waals surface area contributed by atoms with E-state index in [0.717, 1.165) is 12.2 Å². The van der Waals surface area contributed by atoms with E-state index in [1.165, 1.54) is 11.3 Å². The van der Waals surface area contributed by atoms with Crippen molar-refractivity contribution >= 4 is 17.1 Å². The van der Waals surface area contributed by atoms with Gasteiger partial charge >= 0.3 is 0 Å². The van der Waals surface area contributed by atoms with Crippen LogP contribution in [-0.2, 0) is 0 Å². The van der Waals surface area contributed by atoms with Gasteiger partial charge in [-0.3, -0.25) is 4.98 Å². The summed E-state index contributed by atoms with van der Waals surface area (Å²) >= 11 is 0. The van der Waals surface area contributed by atoms with Crippen molar-refractivity contribution in [2.45, 2.75) is 13.8 Å². The molecule has 0 radical (unpaired) electrons. The highest BCUT2D eigenvalue weighted by atomic mass is 15.1. The molecule has 2 aromatic rings. The number of aromatic nitrogens is 1. The van der Waals surface area contributed by atoms with Gasteiger partial charge in [0.1, 0.15) is 0 Å². The number of nitrogens with two attached hydrogens (primary N) is 1. The molecule has 0 bridgehead atoms. The van der Waals surface area contributed by atoms with Gasteiger partial charge in [0, 0.05) is 18.4 Å². The van der Waals surface area contributed by atoms with E-state index >= 15 is 0 Å². The molecule has 3 nitrogen and oxygen atoms in total. The van der Waals surface area contributed by atoms with Gasteiger partial charge in [0.2, 0.25) is 0 Å². The summed E-state index contributed by atoms with van der Waals surface area (Å²) in [5.41, 5.74) is 9.90. The predicted molar refractivity (Wildman–Crippen MR) is 72.5 cm³/mol. The van der Waals surface area contributed by atoms with Crippen molar-refractivity contribution in [2.24, 2.45) is 0 Å². The number of nitrogen functional groups attached to an aromatic ring is 1. The highest BCUT2D eigenvalue weighted by Gasteiger charge is 2.07. The van der Waals surface area contributed by atoms with Gasteiger partial charge in [-0.2, -0.15) is 0 Å². The molecule has 0 saturated heterocycles. The van der Waals surface area contributed by atoms with Crippen LogP contribution in [0.2, 0.25) is 0 Å². The zero-order valence-electron chi connectivity index (χ0n) is 10.2.